The van der Waals surface area contributed by atoms with Crippen molar-refractivity contribution in [2.24, 2.45) is 0 Å². The highest BCUT2D eigenvalue weighted by molar-refractivity contribution is 6.69. The smallest absolute Gasteiger partial charge is 0.141 e. The first kappa shape index (κ1) is 38.5. The van der Waals surface area contributed by atoms with E-state index in [0.717, 1.165) is 27.6 Å². The summed E-state index contributed by atoms with van der Waals surface area (Å²) in [6, 6.07) is 59.6. The molecule has 0 saturated carbocycles. The number of aromatic nitrogens is 2. The van der Waals surface area contributed by atoms with Gasteiger partial charge in [-0.05, 0) is 93.4 Å². The first-order chi connectivity index (χ1) is 31.2. The Hall–Kier alpha value is -7.17. The maximum absolute atomic E-state index is 6.30. The lowest BCUT2D eigenvalue weighted by Gasteiger charge is -2.19. The van der Waals surface area contributed by atoms with E-state index in [-0.39, 0.29) is 0 Å². The van der Waals surface area contributed by atoms with Crippen molar-refractivity contribution in [2.75, 3.05) is 0 Å². The van der Waals surface area contributed by atoms with E-state index in [1.165, 1.54) is 121 Å². The predicted molar refractivity (Wildman–Crippen MR) is 296 cm³/mol. The van der Waals surface area contributed by atoms with Crippen LogP contribution < -0.4 is 38.2 Å². The summed E-state index contributed by atoms with van der Waals surface area (Å²) < 4.78 is 11.3. The van der Waals surface area contributed by atoms with Gasteiger partial charge in [-0.3, -0.25) is 0 Å². The van der Waals surface area contributed by atoms with Crippen LogP contribution in [0.25, 0.3) is 110 Å². The Morgan fingerprint density at radius 3 is 1.73 bits per heavy atom. The molecule has 0 saturated heterocycles. The van der Waals surface area contributed by atoms with Gasteiger partial charge in [0.1, 0.15) is 66.1 Å². The van der Waals surface area contributed by atoms with Gasteiger partial charge in [-0.15, -0.1) is 5.46 Å². The second-order valence-corrected chi connectivity index (χ2v) is 17.9. The average molecular weight is 810 g/mol. The standard InChI is InChI=1S/C54H41B7N2O/c55-46-42(47(56)51(60)53-44(46)45-48(57)49(58)50(59)52(61)54(45)63(53)32-16-9-15-30(25-32)28-11-3-1-4-12-28)31-21-23-38-37(26-31)43-34(29-13-5-2-6-14-29)18-10-19-39(43)62(38)33-22-24-41-36(27-33)35-17-7-8-20-40(35)64-41/h1-27H,55-61H2. The van der Waals surface area contributed by atoms with Crippen LogP contribution in [0.3, 0.4) is 0 Å². The lowest BCUT2D eigenvalue weighted by atomic mass is 9.64. The average Bonchev–Trinajstić information content (AvgIpc) is 4.01. The zero-order valence-corrected chi connectivity index (χ0v) is 37.4. The molecule has 0 atom stereocenters. The van der Waals surface area contributed by atoms with Crippen LogP contribution in [0.15, 0.2) is 168 Å². The Balaban J connectivity index is 1.16. The van der Waals surface area contributed by atoms with Crippen molar-refractivity contribution in [1.82, 2.24) is 9.13 Å². The van der Waals surface area contributed by atoms with E-state index in [2.05, 4.69) is 222 Å². The third-order valence-corrected chi connectivity index (χ3v) is 14.6. The van der Waals surface area contributed by atoms with Gasteiger partial charge in [0.05, 0.1) is 11.0 Å². The topological polar surface area (TPSA) is 23.0 Å². The van der Waals surface area contributed by atoms with Crippen LogP contribution in [0.4, 0.5) is 0 Å². The number of hydrogen-bond acceptors (Lipinski definition) is 1. The lowest BCUT2D eigenvalue weighted by molar-refractivity contribution is 0.669. The molecule has 64 heavy (non-hydrogen) atoms. The third-order valence-electron chi connectivity index (χ3n) is 14.6. The van der Waals surface area contributed by atoms with E-state index in [1.54, 1.807) is 0 Å². The highest BCUT2D eigenvalue weighted by Crippen LogP contribution is 2.41. The van der Waals surface area contributed by atoms with E-state index in [4.69, 9.17) is 4.42 Å². The molecule has 0 spiro atoms. The minimum absolute atomic E-state index is 0.899. The number of nitrogens with zero attached hydrogens (tertiary/aromatic N) is 2. The van der Waals surface area contributed by atoms with Crippen molar-refractivity contribution in [2.45, 2.75) is 0 Å². The SMILES string of the molecule is Bc1c(B)c(B)c2c(c1B)c1c(B)c(-c3ccc4c(c3)c3c(-c5ccccc5)cccc3n4-c3ccc4oc5ccccc5c4c3)c(B)c(B)c1n2-c1cccc(-c2ccccc2)c1. The second kappa shape index (κ2) is 14.4. The first-order valence-electron chi connectivity index (χ1n) is 22.4. The van der Waals surface area contributed by atoms with Crippen LogP contribution in [0.2, 0.25) is 0 Å². The summed E-state index contributed by atoms with van der Waals surface area (Å²) in [5, 5.41) is 7.44. The number of fused-ring (bicyclic) bond motifs is 9. The molecule has 9 aromatic carbocycles. The van der Waals surface area contributed by atoms with E-state index < -0.39 is 0 Å². The van der Waals surface area contributed by atoms with Gasteiger partial charge in [0.2, 0.25) is 0 Å². The van der Waals surface area contributed by atoms with Crippen molar-refractivity contribution in [3.63, 3.8) is 0 Å². The largest absolute Gasteiger partial charge is 0.456 e. The van der Waals surface area contributed by atoms with Crippen LogP contribution in [0.5, 0.6) is 0 Å². The molecule has 0 radical (unpaired) electrons. The zero-order chi connectivity index (χ0) is 43.5. The summed E-state index contributed by atoms with van der Waals surface area (Å²) >= 11 is 0. The summed E-state index contributed by atoms with van der Waals surface area (Å²) in [5.41, 5.74) is 25.8. The molecule has 0 aliphatic rings. The third kappa shape index (κ3) is 5.51. The highest BCUT2D eigenvalue weighted by Gasteiger charge is 2.26. The van der Waals surface area contributed by atoms with Crippen molar-refractivity contribution in [3.05, 3.63) is 164 Å². The van der Waals surface area contributed by atoms with Crippen LogP contribution in [0, 0.1) is 0 Å². The molecule has 0 aliphatic heterocycles. The van der Waals surface area contributed by atoms with Crippen LogP contribution in [-0.2, 0) is 0 Å². The number of hydrogen-bond donors (Lipinski definition) is 0. The normalized spacial score (nSPS) is 11.9. The Morgan fingerprint density at radius 1 is 0.328 bits per heavy atom. The predicted octanol–water partition coefficient (Wildman–Crippen LogP) is 2.59. The van der Waals surface area contributed by atoms with Gasteiger partial charge in [-0.1, -0.05) is 142 Å². The molecule has 294 valence electrons. The molecule has 0 bridgehead atoms. The van der Waals surface area contributed by atoms with Crippen molar-refractivity contribution in [3.8, 4) is 44.8 Å². The Labute approximate surface area is 379 Å². The molecule has 0 fully saturated rings. The van der Waals surface area contributed by atoms with Crippen LogP contribution in [-0.4, -0.2) is 64.1 Å². The monoisotopic (exact) mass is 810 g/mol. The van der Waals surface area contributed by atoms with Crippen molar-refractivity contribution >= 4 is 159 Å². The first-order valence-corrected chi connectivity index (χ1v) is 22.4. The van der Waals surface area contributed by atoms with E-state index >= 15 is 0 Å². The maximum Gasteiger partial charge on any atom is 0.141 e. The minimum Gasteiger partial charge on any atom is -0.456 e. The molecule has 0 N–H and O–H groups in total. The molecule has 12 rings (SSSR count). The van der Waals surface area contributed by atoms with Crippen molar-refractivity contribution < 1.29 is 4.42 Å². The number of furan rings is 1. The Morgan fingerprint density at radius 2 is 0.953 bits per heavy atom. The Bertz CT molecular complexity index is 3930. The number of para-hydroxylation sites is 1. The molecule has 3 nitrogen and oxygen atoms in total. The van der Waals surface area contributed by atoms with Gasteiger partial charge in [0.25, 0.3) is 0 Å². The van der Waals surface area contributed by atoms with Crippen LogP contribution in [0.1, 0.15) is 0 Å². The Kier molecular flexibility index (Phi) is 8.69. The van der Waals surface area contributed by atoms with Crippen molar-refractivity contribution in [1.29, 1.82) is 0 Å². The second-order valence-electron chi connectivity index (χ2n) is 17.9. The lowest BCUT2D eigenvalue weighted by Crippen LogP contribution is -2.48. The minimum atomic E-state index is 0.899. The van der Waals surface area contributed by atoms with E-state index in [9.17, 15) is 0 Å². The van der Waals surface area contributed by atoms with Crippen LogP contribution >= 0.6 is 0 Å². The molecule has 0 aliphatic carbocycles. The van der Waals surface area contributed by atoms with Gasteiger partial charge in [0.15, 0.2) is 0 Å². The summed E-state index contributed by atoms with van der Waals surface area (Å²) in [6.45, 7) is 0. The molecule has 12 aromatic rings. The van der Waals surface area contributed by atoms with Gasteiger partial charge in [0, 0.05) is 49.3 Å². The maximum atomic E-state index is 6.30. The molecular formula is C54H41B7N2O. The van der Waals surface area contributed by atoms with E-state index in [0.29, 0.717) is 0 Å². The number of rotatable bonds is 5. The summed E-state index contributed by atoms with van der Waals surface area (Å²) in [4.78, 5) is 0. The molecule has 0 unspecified atom stereocenters. The molecule has 0 amide bonds. The fourth-order valence-electron chi connectivity index (χ4n) is 11.1. The van der Waals surface area contributed by atoms with E-state index in [1.807, 2.05) is 6.07 Å². The molecule has 10 heteroatoms. The summed E-state index contributed by atoms with van der Waals surface area (Å²) in [5.74, 6) is 0. The zero-order valence-electron chi connectivity index (χ0n) is 37.4. The molecular weight excluding hydrogens is 768 g/mol. The summed E-state index contributed by atoms with van der Waals surface area (Å²) in [7, 11) is 16.3. The van der Waals surface area contributed by atoms with Gasteiger partial charge >= 0.3 is 0 Å². The highest BCUT2D eigenvalue weighted by atomic mass is 16.3. The fourth-order valence-corrected chi connectivity index (χ4v) is 11.1. The quantitative estimate of drug-likeness (QED) is 0.246. The molecule has 3 heterocycles. The summed E-state index contributed by atoms with van der Waals surface area (Å²) in [6.07, 6.45) is 0. The van der Waals surface area contributed by atoms with Gasteiger partial charge in [-0.2, -0.15) is 0 Å². The number of benzene rings is 9. The van der Waals surface area contributed by atoms with Gasteiger partial charge in [-0.25, -0.2) is 0 Å². The molecule has 3 aromatic heterocycles. The fraction of sp³-hybridized carbons (Fsp3) is 0. The van der Waals surface area contributed by atoms with Gasteiger partial charge < -0.3 is 13.6 Å².